The lowest BCUT2D eigenvalue weighted by atomic mass is 9.90. The van der Waals surface area contributed by atoms with Gasteiger partial charge in [-0.2, -0.15) is 13.2 Å². The number of rotatable bonds is 8. The molecule has 0 aliphatic heterocycles. The number of amides is 1. The number of likely N-dealkylation sites (N-methyl/N-ethyl adjacent to an activating group) is 1. The van der Waals surface area contributed by atoms with Crippen LogP contribution in [0.4, 0.5) is 19.0 Å². The normalized spacial score (nSPS) is 16.4. The van der Waals surface area contributed by atoms with Crippen LogP contribution in [0.3, 0.4) is 0 Å². The average molecular weight is 607 g/mol. The number of hydrogen-bond acceptors (Lipinski definition) is 8. The molecule has 1 N–H and O–H groups in total. The minimum Gasteiger partial charge on any atom is -0.480 e. The predicted molar refractivity (Wildman–Crippen MR) is 157 cm³/mol. The number of nitrogens with zero attached hydrogens (tertiary/aromatic N) is 7. The lowest BCUT2D eigenvalue weighted by Gasteiger charge is -2.32. The zero-order valence-corrected chi connectivity index (χ0v) is 24.9. The summed E-state index contributed by atoms with van der Waals surface area (Å²) in [6, 6.07) is 7.23. The molecule has 3 aromatic heterocycles. The number of nitrogens with one attached hydrogen (secondary N) is 1. The average Bonchev–Trinajstić information content (AvgIpc) is 3.78. The monoisotopic (exact) mass is 606 g/mol. The zero-order chi connectivity index (χ0) is 31.2. The second-order valence-electron chi connectivity index (χ2n) is 11.4. The van der Waals surface area contributed by atoms with Crippen LogP contribution < -0.4 is 10.1 Å². The molecule has 13 heteroatoms. The van der Waals surface area contributed by atoms with Crippen LogP contribution in [-0.4, -0.2) is 60.5 Å². The fourth-order valence-electron chi connectivity index (χ4n) is 5.68. The Kier molecular flexibility index (Phi) is 7.72. The van der Waals surface area contributed by atoms with E-state index in [0.29, 0.717) is 54.0 Å². The number of fused-ring (bicyclic) bond motifs is 1. The summed E-state index contributed by atoms with van der Waals surface area (Å²) in [6.07, 6.45) is 2.11. The first-order valence-corrected chi connectivity index (χ1v) is 14.5. The Bertz CT molecular complexity index is 1700. The summed E-state index contributed by atoms with van der Waals surface area (Å²) >= 11 is 0. The Morgan fingerprint density at radius 3 is 2.50 bits per heavy atom. The summed E-state index contributed by atoms with van der Waals surface area (Å²) in [5, 5.41) is 3.48. The Labute approximate surface area is 252 Å². The third-order valence-electron chi connectivity index (χ3n) is 8.35. The minimum absolute atomic E-state index is 0.000833. The van der Waals surface area contributed by atoms with E-state index in [1.807, 2.05) is 19.2 Å². The highest BCUT2D eigenvalue weighted by molar-refractivity contribution is 5.73. The van der Waals surface area contributed by atoms with Gasteiger partial charge in [-0.25, -0.2) is 24.9 Å². The van der Waals surface area contributed by atoms with Crippen molar-refractivity contribution in [2.75, 3.05) is 19.5 Å². The molecule has 2 aliphatic rings. The third-order valence-corrected chi connectivity index (χ3v) is 8.35. The van der Waals surface area contributed by atoms with Crippen molar-refractivity contribution in [3.8, 4) is 28.7 Å². The molecular formula is C31H33F3N8O2. The van der Waals surface area contributed by atoms with Crippen LogP contribution in [-0.2, 0) is 37.4 Å². The van der Waals surface area contributed by atoms with Crippen molar-refractivity contribution in [1.82, 2.24) is 34.4 Å². The molecule has 44 heavy (non-hydrogen) atoms. The van der Waals surface area contributed by atoms with Crippen LogP contribution in [0.2, 0.25) is 0 Å². The van der Waals surface area contributed by atoms with Gasteiger partial charge in [0.05, 0.1) is 12.8 Å². The van der Waals surface area contributed by atoms with E-state index in [9.17, 15) is 18.0 Å². The number of ether oxygens (including phenoxy) is 1. The highest BCUT2D eigenvalue weighted by Crippen LogP contribution is 2.45. The summed E-state index contributed by atoms with van der Waals surface area (Å²) in [4.78, 5) is 36.6. The van der Waals surface area contributed by atoms with Crippen LogP contribution in [0.5, 0.6) is 5.88 Å². The smallest absolute Gasteiger partial charge is 0.434 e. The van der Waals surface area contributed by atoms with Gasteiger partial charge in [-0.3, -0.25) is 4.79 Å². The quantitative estimate of drug-likeness (QED) is 0.292. The van der Waals surface area contributed by atoms with E-state index < -0.39 is 11.9 Å². The van der Waals surface area contributed by atoms with E-state index in [1.165, 1.54) is 10.9 Å². The first-order chi connectivity index (χ1) is 21.0. The number of benzene rings is 1. The molecule has 1 unspecified atom stereocenters. The van der Waals surface area contributed by atoms with Crippen molar-refractivity contribution in [2.45, 2.75) is 63.7 Å². The van der Waals surface area contributed by atoms with E-state index in [1.54, 1.807) is 38.1 Å². The van der Waals surface area contributed by atoms with E-state index in [-0.39, 0.29) is 17.8 Å². The summed E-state index contributed by atoms with van der Waals surface area (Å²) in [5.41, 5.74) is 3.99. The second kappa shape index (κ2) is 11.5. The molecule has 0 saturated heterocycles. The molecule has 6 rings (SSSR count). The molecular weight excluding hydrogens is 573 g/mol. The van der Waals surface area contributed by atoms with Gasteiger partial charge in [-0.05, 0) is 37.7 Å². The van der Waals surface area contributed by atoms with Crippen molar-refractivity contribution in [2.24, 2.45) is 7.05 Å². The Balaban J connectivity index is 1.32. The van der Waals surface area contributed by atoms with Crippen molar-refractivity contribution < 1.29 is 22.7 Å². The lowest BCUT2D eigenvalue weighted by molar-refractivity contribution is -0.141. The molecule has 4 aromatic rings. The fourth-order valence-corrected chi connectivity index (χ4v) is 5.68. The maximum Gasteiger partial charge on any atom is 0.434 e. The SMILES string of the molecule is COc1ncnc(C2CC2)c1-c1nc2c(c(NCc3ccc(-c4nc(C(F)(F)F)cn4C)cc3)n1)CC(N(C)C(C)=O)CC2. The standard InChI is InChI=1S/C31H33F3N8O2/c1-17(43)42(3)21-11-12-23-22(13-21)27(40-28(38-23)25-26(19-9-10-19)36-16-37-30(25)44-4)35-14-18-5-7-20(8-6-18)29-39-24(15-41(29)2)31(32,33)34/h5-8,15-16,19,21H,9-14H2,1-4H3,(H,35,38,40). The molecule has 230 valence electrons. The van der Waals surface area contributed by atoms with Crippen molar-refractivity contribution in [3.63, 3.8) is 0 Å². The van der Waals surface area contributed by atoms with Crippen LogP contribution in [0, 0.1) is 0 Å². The highest BCUT2D eigenvalue weighted by Gasteiger charge is 2.35. The van der Waals surface area contributed by atoms with Gasteiger partial charge in [-0.15, -0.1) is 0 Å². The van der Waals surface area contributed by atoms with Crippen molar-refractivity contribution >= 4 is 11.7 Å². The van der Waals surface area contributed by atoms with Gasteiger partial charge in [0.15, 0.2) is 11.5 Å². The molecule has 1 amide bonds. The topological polar surface area (TPSA) is 111 Å². The number of halogens is 3. The van der Waals surface area contributed by atoms with E-state index in [2.05, 4.69) is 20.3 Å². The maximum absolute atomic E-state index is 13.2. The van der Waals surface area contributed by atoms with Gasteiger partial charge in [0.2, 0.25) is 11.8 Å². The maximum atomic E-state index is 13.2. The van der Waals surface area contributed by atoms with Gasteiger partial charge < -0.3 is 19.5 Å². The van der Waals surface area contributed by atoms with E-state index in [4.69, 9.17) is 14.7 Å². The molecule has 0 bridgehead atoms. The summed E-state index contributed by atoms with van der Waals surface area (Å²) in [5.74, 6) is 2.13. The van der Waals surface area contributed by atoms with E-state index in [0.717, 1.165) is 48.0 Å². The first kappa shape index (κ1) is 29.5. The summed E-state index contributed by atoms with van der Waals surface area (Å²) < 4.78 is 46.5. The second-order valence-corrected chi connectivity index (χ2v) is 11.4. The molecule has 3 heterocycles. The van der Waals surface area contributed by atoms with Gasteiger partial charge in [-0.1, -0.05) is 24.3 Å². The minimum atomic E-state index is -4.51. The predicted octanol–water partition coefficient (Wildman–Crippen LogP) is 5.19. The molecule has 10 nitrogen and oxygen atoms in total. The molecule has 2 aliphatic carbocycles. The molecule has 1 saturated carbocycles. The number of aryl methyl sites for hydroxylation is 2. The molecule has 1 atom stereocenters. The lowest BCUT2D eigenvalue weighted by Crippen LogP contribution is -2.40. The number of imidazole rings is 1. The Hall–Kier alpha value is -4.55. The zero-order valence-electron chi connectivity index (χ0n) is 24.9. The Morgan fingerprint density at radius 1 is 1.11 bits per heavy atom. The Morgan fingerprint density at radius 2 is 1.86 bits per heavy atom. The summed E-state index contributed by atoms with van der Waals surface area (Å²) in [6.45, 7) is 1.97. The third kappa shape index (κ3) is 5.82. The molecule has 0 radical (unpaired) electrons. The van der Waals surface area contributed by atoms with Gasteiger partial charge >= 0.3 is 6.18 Å². The number of aromatic nitrogens is 6. The number of alkyl halides is 3. The van der Waals surface area contributed by atoms with Crippen LogP contribution in [0.25, 0.3) is 22.8 Å². The number of carbonyl (C=O) groups is 1. The molecule has 1 aromatic carbocycles. The van der Waals surface area contributed by atoms with Crippen molar-refractivity contribution in [1.29, 1.82) is 0 Å². The number of carbonyl (C=O) groups excluding carboxylic acids is 1. The first-order valence-electron chi connectivity index (χ1n) is 14.5. The van der Waals surface area contributed by atoms with E-state index >= 15 is 0 Å². The number of methoxy groups -OCH3 is 1. The molecule has 0 spiro atoms. The van der Waals surface area contributed by atoms with Crippen molar-refractivity contribution in [3.05, 3.63) is 65.0 Å². The van der Waals surface area contributed by atoms with Gasteiger partial charge in [0.25, 0.3) is 0 Å². The van der Waals surface area contributed by atoms with Crippen LogP contribution in [0.15, 0.2) is 36.8 Å². The molecule has 1 fully saturated rings. The number of hydrogen-bond donors (Lipinski definition) is 1. The largest absolute Gasteiger partial charge is 0.480 e. The van der Waals surface area contributed by atoms with Gasteiger partial charge in [0.1, 0.15) is 23.5 Å². The summed E-state index contributed by atoms with van der Waals surface area (Å²) in [7, 11) is 4.93. The van der Waals surface area contributed by atoms with Gasteiger partial charge in [0, 0.05) is 62.5 Å². The fraction of sp³-hybridized carbons (Fsp3) is 0.419. The van der Waals surface area contributed by atoms with Crippen LogP contribution in [0.1, 0.15) is 60.3 Å². The highest BCUT2D eigenvalue weighted by atomic mass is 19.4. The number of anilines is 1. The van der Waals surface area contributed by atoms with Crippen LogP contribution >= 0.6 is 0 Å².